The molecule has 0 bridgehead atoms. The summed E-state index contributed by atoms with van der Waals surface area (Å²) in [6.07, 6.45) is 8.69. The van der Waals surface area contributed by atoms with E-state index in [9.17, 15) is 19.8 Å². The summed E-state index contributed by atoms with van der Waals surface area (Å²) < 4.78 is 6.01. The summed E-state index contributed by atoms with van der Waals surface area (Å²) in [5, 5.41) is 21.6. The molecule has 9 heteroatoms. The Hall–Kier alpha value is -2.65. The largest absolute Gasteiger partial charge is 0.491 e. The number of para-hydroxylation sites is 1. The average molecular weight is 473 g/mol. The van der Waals surface area contributed by atoms with Crippen molar-refractivity contribution < 1.29 is 24.5 Å². The lowest BCUT2D eigenvalue weighted by atomic mass is 9.94. The minimum absolute atomic E-state index is 0.0176. The predicted molar refractivity (Wildman–Crippen MR) is 128 cm³/mol. The van der Waals surface area contributed by atoms with Crippen molar-refractivity contribution >= 4 is 23.5 Å². The Morgan fingerprint density at radius 2 is 2.00 bits per heavy atom. The molecule has 2 heterocycles. The molecule has 0 spiro atoms. The fraction of sp³-hybridized carbons (Fsp3) is 0.640. The molecule has 2 fully saturated rings. The van der Waals surface area contributed by atoms with Crippen LogP contribution in [0.1, 0.15) is 63.4 Å². The zero-order valence-corrected chi connectivity index (χ0v) is 19.7. The molecule has 4 rings (SSSR count). The minimum Gasteiger partial charge on any atom is -0.491 e. The number of carbonyl (C=O) groups excluding carboxylic acids is 2. The summed E-state index contributed by atoms with van der Waals surface area (Å²) in [6, 6.07) is 5.42. The Kier molecular flexibility index (Phi) is 8.39. The van der Waals surface area contributed by atoms with Gasteiger partial charge in [0.25, 0.3) is 5.91 Å². The van der Waals surface area contributed by atoms with E-state index in [1.165, 1.54) is 19.3 Å². The second-order valence-electron chi connectivity index (χ2n) is 9.28. The van der Waals surface area contributed by atoms with Crippen LogP contribution < -0.4 is 10.1 Å². The third-order valence-corrected chi connectivity index (χ3v) is 6.97. The number of fused-ring (bicyclic) bond motifs is 2. The average Bonchev–Trinajstić information content (AvgIpc) is 3.17. The first-order valence-electron chi connectivity index (χ1n) is 12.5. The number of amides is 2. The van der Waals surface area contributed by atoms with Gasteiger partial charge in [-0.2, -0.15) is 0 Å². The molecule has 2 aliphatic heterocycles. The van der Waals surface area contributed by atoms with Crippen molar-refractivity contribution in [2.24, 2.45) is 4.99 Å². The van der Waals surface area contributed by atoms with Crippen molar-refractivity contribution in [1.29, 1.82) is 0 Å². The van der Waals surface area contributed by atoms with E-state index >= 15 is 0 Å². The Morgan fingerprint density at radius 3 is 2.76 bits per heavy atom. The summed E-state index contributed by atoms with van der Waals surface area (Å²) in [6.45, 7) is 1.21. The van der Waals surface area contributed by atoms with Crippen LogP contribution in [0.25, 0.3) is 0 Å². The van der Waals surface area contributed by atoms with E-state index in [1.807, 2.05) is 23.1 Å². The lowest BCUT2D eigenvalue weighted by Gasteiger charge is -2.34. The van der Waals surface area contributed by atoms with Gasteiger partial charge < -0.3 is 24.7 Å². The maximum Gasteiger partial charge on any atom is 0.251 e. The van der Waals surface area contributed by atoms with Gasteiger partial charge in [-0.25, -0.2) is 4.99 Å². The number of nitrogens with zero attached hydrogens (tertiary/aromatic N) is 3. The van der Waals surface area contributed by atoms with Crippen LogP contribution in [0.5, 0.6) is 5.75 Å². The zero-order chi connectivity index (χ0) is 23.9. The number of benzene rings is 1. The van der Waals surface area contributed by atoms with Crippen LogP contribution in [-0.2, 0) is 16.1 Å². The Bertz CT molecular complexity index is 899. The van der Waals surface area contributed by atoms with Gasteiger partial charge >= 0.3 is 0 Å². The highest BCUT2D eigenvalue weighted by Crippen LogP contribution is 2.37. The van der Waals surface area contributed by atoms with Crippen molar-refractivity contribution in [2.45, 2.75) is 76.4 Å². The molecule has 2 amide bonds. The number of aliphatic hydroxyl groups is 2. The van der Waals surface area contributed by atoms with Crippen LogP contribution >= 0.6 is 0 Å². The Morgan fingerprint density at radius 1 is 1.18 bits per heavy atom. The number of ether oxygens (including phenoxy) is 1. The molecule has 1 aromatic carbocycles. The molecule has 1 saturated carbocycles. The van der Waals surface area contributed by atoms with Crippen LogP contribution in [0.15, 0.2) is 23.2 Å². The molecule has 1 aromatic rings. The van der Waals surface area contributed by atoms with Gasteiger partial charge in [0.05, 0.1) is 19.8 Å². The number of nitrogens with one attached hydrogen (secondary N) is 1. The van der Waals surface area contributed by atoms with E-state index in [-0.39, 0.29) is 31.1 Å². The second kappa shape index (κ2) is 11.7. The predicted octanol–water partition coefficient (Wildman–Crippen LogP) is 2.07. The summed E-state index contributed by atoms with van der Waals surface area (Å²) in [5.74, 6) is 1.04. The maximum atomic E-state index is 12.7. The highest BCUT2D eigenvalue weighted by atomic mass is 16.5. The second-order valence-corrected chi connectivity index (χ2v) is 9.28. The summed E-state index contributed by atoms with van der Waals surface area (Å²) in [4.78, 5) is 33.0. The van der Waals surface area contributed by atoms with E-state index in [2.05, 4.69) is 10.3 Å². The molecule has 1 unspecified atom stereocenters. The number of unbranched alkanes of at least 4 members (excludes halogenated alkanes) is 2. The number of rotatable bonds is 11. The van der Waals surface area contributed by atoms with Crippen molar-refractivity contribution in [2.75, 3.05) is 26.4 Å². The topological polar surface area (TPSA) is 115 Å². The number of aliphatic imine (C=N–C) groups is 1. The molecule has 0 aromatic heterocycles. The molecule has 3 aliphatic rings. The van der Waals surface area contributed by atoms with Gasteiger partial charge in [0.2, 0.25) is 11.9 Å². The lowest BCUT2D eigenvalue weighted by Crippen LogP contribution is -2.43. The fourth-order valence-electron chi connectivity index (χ4n) is 5.13. The molecular formula is C25H36N4O5. The number of aliphatic hydroxyl groups excluding tert-OH is 2. The van der Waals surface area contributed by atoms with Crippen molar-refractivity contribution in [1.82, 2.24) is 15.1 Å². The van der Waals surface area contributed by atoms with Gasteiger partial charge in [-0.1, -0.05) is 31.4 Å². The third kappa shape index (κ3) is 5.52. The summed E-state index contributed by atoms with van der Waals surface area (Å²) >= 11 is 0. The van der Waals surface area contributed by atoms with Gasteiger partial charge in [0, 0.05) is 31.1 Å². The van der Waals surface area contributed by atoms with Crippen molar-refractivity contribution in [3.63, 3.8) is 0 Å². The number of hydrogen-bond acceptors (Lipinski definition) is 7. The Labute approximate surface area is 200 Å². The van der Waals surface area contributed by atoms with Gasteiger partial charge in [-0.05, 0) is 38.2 Å². The first-order valence-corrected chi connectivity index (χ1v) is 12.5. The molecule has 1 aliphatic carbocycles. The molecule has 1 saturated heterocycles. The molecule has 34 heavy (non-hydrogen) atoms. The smallest absolute Gasteiger partial charge is 0.251 e. The van der Waals surface area contributed by atoms with Gasteiger partial charge in [-0.15, -0.1) is 0 Å². The SMILES string of the molecule is O=C1NC2=Nc3c(cccc3OCCCCCC(=O)N(CCO)C3CCCCC3)CN2C1CO. The first kappa shape index (κ1) is 24.5. The van der Waals surface area contributed by atoms with Gasteiger partial charge in [0.1, 0.15) is 17.5 Å². The zero-order valence-electron chi connectivity index (χ0n) is 19.7. The standard InChI is InChI=1S/C25H36N4O5/c30-14-13-28(19-9-3-1-4-10-19)22(32)12-5-2-6-15-34-21-11-7-8-18-16-29-20(17-31)24(33)27-25(29)26-23(18)21/h7-8,11,19-20,30-31H,1-6,9-10,12-17H2,(H,26,27,33). The maximum absolute atomic E-state index is 12.7. The van der Waals surface area contributed by atoms with Crippen LogP contribution in [0.2, 0.25) is 0 Å². The summed E-state index contributed by atoms with van der Waals surface area (Å²) in [7, 11) is 0. The van der Waals surface area contributed by atoms with E-state index in [0.29, 0.717) is 37.8 Å². The van der Waals surface area contributed by atoms with Crippen LogP contribution in [-0.4, -0.2) is 76.2 Å². The summed E-state index contributed by atoms with van der Waals surface area (Å²) in [5.41, 5.74) is 1.67. The van der Waals surface area contributed by atoms with Crippen LogP contribution in [0, 0.1) is 0 Å². The van der Waals surface area contributed by atoms with E-state index in [0.717, 1.165) is 43.4 Å². The molecule has 0 radical (unpaired) electrons. The minimum atomic E-state index is -0.606. The highest BCUT2D eigenvalue weighted by Gasteiger charge is 2.39. The van der Waals surface area contributed by atoms with E-state index < -0.39 is 6.04 Å². The highest BCUT2D eigenvalue weighted by molar-refractivity contribution is 6.08. The van der Waals surface area contributed by atoms with E-state index in [1.54, 1.807) is 4.90 Å². The number of carbonyl (C=O) groups is 2. The van der Waals surface area contributed by atoms with Gasteiger partial charge in [-0.3, -0.25) is 14.9 Å². The van der Waals surface area contributed by atoms with E-state index in [4.69, 9.17) is 4.74 Å². The molecule has 186 valence electrons. The quantitative estimate of drug-likeness (QED) is 0.425. The molecule has 1 atom stereocenters. The normalized spacial score (nSPS) is 19.8. The monoisotopic (exact) mass is 472 g/mol. The Balaban J connectivity index is 1.23. The van der Waals surface area contributed by atoms with Crippen LogP contribution in [0.3, 0.4) is 0 Å². The third-order valence-electron chi connectivity index (χ3n) is 6.97. The van der Waals surface area contributed by atoms with Gasteiger partial charge in [0.15, 0.2) is 0 Å². The molecule has 3 N–H and O–H groups in total. The fourth-order valence-corrected chi connectivity index (χ4v) is 5.13. The number of guanidine groups is 1. The van der Waals surface area contributed by atoms with Crippen molar-refractivity contribution in [3.8, 4) is 5.75 Å². The van der Waals surface area contributed by atoms with Crippen molar-refractivity contribution in [3.05, 3.63) is 23.8 Å². The first-order chi connectivity index (χ1) is 16.6. The lowest BCUT2D eigenvalue weighted by molar-refractivity contribution is -0.135. The molecular weight excluding hydrogens is 436 g/mol. The van der Waals surface area contributed by atoms with Crippen LogP contribution in [0.4, 0.5) is 5.69 Å². The molecule has 9 nitrogen and oxygen atoms in total. The number of hydrogen-bond donors (Lipinski definition) is 3.